The van der Waals surface area contributed by atoms with Crippen molar-refractivity contribution in [3.8, 4) is 17.2 Å². The van der Waals surface area contributed by atoms with E-state index >= 15 is 0 Å². The van der Waals surface area contributed by atoms with E-state index in [4.69, 9.17) is 29.8 Å². The molecule has 0 unspecified atom stereocenters. The van der Waals surface area contributed by atoms with Crippen LogP contribution < -0.4 is 20.1 Å². The molecule has 0 bridgehead atoms. The van der Waals surface area contributed by atoms with Crippen molar-refractivity contribution < 1.29 is 38.3 Å². The Morgan fingerprint density at radius 3 is 2.11 bits per heavy atom. The second-order valence-electron chi connectivity index (χ2n) is 8.23. The van der Waals surface area contributed by atoms with E-state index in [1.54, 1.807) is 55.6 Å². The third kappa shape index (κ3) is 8.19. The third-order valence-corrected chi connectivity index (χ3v) is 5.63. The van der Waals surface area contributed by atoms with Gasteiger partial charge in [0.25, 0.3) is 0 Å². The molecule has 10 nitrogen and oxygen atoms in total. The molecule has 0 aromatic heterocycles. The van der Waals surface area contributed by atoms with Crippen molar-refractivity contribution in [1.82, 2.24) is 5.06 Å². The molecule has 0 spiro atoms. The van der Waals surface area contributed by atoms with Gasteiger partial charge < -0.3 is 23.9 Å². The van der Waals surface area contributed by atoms with E-state index in [1.807, 2.05) is 0 Å². The lowest BCUT2D eigenvalue weighted by Gasteiger charge is -2.25. The average molecular weight is 499 g/mol. The zero-order valence-corrected chi connectivity index (χ0v) is 20.1. The molecule has 36 heavy (non-hydrogen) atoms. The van der Waals surface area contributed by atoms with Crippen LogP contribution in [0.2, 0.25) is 0 Å². The first-order valence-corrected chi connectivity index (χ1v) is 11.6. The lowest BCUT2D eigenvalue weighted by atomic mass is 9.87. The molecule has 3 rings (SSSR count). The molecule has 1 aliphatic rings. The number of hydroxylamine groups is 2. The van der Waals surface area contributed by atoms with Crippen molar-refractivity contribution in [2.75, 3.05) is 20.2 Å². The Kier molecular flexibility index (Phi) is 9.99. The van der Waals surface area contributed by atoms with Gasteiger partial charge in [0, 0.05) is 13.1 Å². The van der Waals surface area contributed by atoms with Gasteiger partial charge in [-0.1, -0.05) is 6.58 Å². The molecule has 10 heteroatoms. The lowest BCUT2D eigenvalue weighted by Crippen LogP contribution is -2.30. The minimum Gasteiger partial charge on any atom is -0.492 e. The fourth-order valence-corrected chi connectivity index (χ4v) is 3.59. The number of hydrogen-bond acceptors (Lipinski definition) is 10. The highest BCUT2D eigenvalue weighted by molar-refractivity contribution is 5.91. The number of rotatable bonds is 11. The monoisotopic (exact) mass is 498 g/mol. The number of nitrogens with zero attached hydrogens (tertiary/aromatic N) is 1. The molecule has 1 fully saturated rings. The second kappa shape index (κ2) is 13.4. The van der Waals surface area contributed by atoms with Crippen molar-refractivity contribution in [2.45, 2.75) is 31.8 Å². The normalized spacial score (nSPS) is 17.2. The van der Waals surface area contributed by atoms with E-state index in [0.717, 1.165) is 18.9 Å². The molecule has 0 heterocycles. The second-order valence-corrected chi connectivity index (χ2v) is 8.23. The predicted molar refractivity (Wildman–Crippen MR) is 129 cm³/mol. The van der Waals surface area contributed by atoms with Gasteiger partial charge in [-0.15, -0.1) is 5.06 Å². The summed E-state index contributed by atoms with van der Waals surface area (Å²) in [4.78, 5) is 45.7. The highest BCUT2D eigenvalue weighted by atomic mass is 16.7. The van der Waals surface area contributed by atoms with Crippen molar-refractivity contribution in [3.63, 3.8) is 0 Å². The molecule has 192 valence electrons. The van der Waals surface area contributed by atoms with Crippen LogP contribution in [0.15, 0.2) is 61.2 Å². The van der Waals surface area contributed by atoms with E-state index in [2.05, 4.69) is 6.58 Å². The number of esters is 2. The average Bonchev–Trinajstić information content (AvgIpc) is 2.90. The summed E-state index contributed by atoms with van der Waals surface area (Å²) in [6, 6.07) is 12.7. The molecule has 1 saturated carbocycles. The quantitative estimate of drug-likeness (QED) is 0.213. The van der Waals surface area contributed by atoms with Crippen LogP contribution in [-0.4, -0.2) is 49.3 Å². The van der Waals surface area contributed by atoms with Gasteiger partial charge >= 0.3 is 17.9 Å². The third-order valence-electron chi connectivity index (χ3n) is 5.63. The number of carbonyl (C=O) groups is 3. The highest BCUT2D eigenvalue weighted by Crippen LogP contribution is 2.28. The Morgan fingerprint density at radius 2 is 1.53 bits per heavy atom. The van der Waals surface area contributed by atoms with Crippen molar-refractivity contribution in [3.05, 3.63) is 66.7 Å². The summed E-state index contributed by atoms with van der Waals surface area (Å²) in [5.74, 6) is 4.89. The first-order valence-electron chi connectivity index (χ1n) is 11.6. The molecule has 0 atom stereocenters. The summed E-state index contributed by atoms with van der Waals surface area (Å²) in [6.45, 7) is 3.95. The van der Waals surface area contributed by atoms with E-state index < -0.39 is 11.9 Å². The molecule has 2 aromatic carbocycles. The van der Waals surface area contributed by atoms with Crippen LogP contribution in [0, 0.1) is 5.92 Å². The maximum absolute atomic E-state index is 12.4. The number of likely N-dealkylation sites (N-methyl/N-ethyl adjacent to an activating group) is 1. The van der Waals surface area contributed by atoms with Crippen molar-refractivity contribution >= 4 is 17.9 Å². The summed E-state index contributed by atoms with van der Waals surface area (Å²) in [7, 11) is 1.60. The Labute approximate surface area is 209 Å². The summed E-state index contributed by atoms with van der Waals surface area (Å²) < 4.78 is 16.4. The number of hydrogen-bond donors (Lipinski definition) is 1. The van der Waals surface area contributed by atoms with Crippen LogP contribution in [0.5, 0.6) is 17.2 Å². The van der Waals surface area contributed by atoms with E-state index in [0.29, 0.717) is 42.2 Å². The van der Waals surface area contributed by atoms with Crippen LogP contribution in [0.3, 0.4) is 0 Å². The van der Waals surface area contributed by atoms with E-state index in [-0.39, 0.29) is 24.6 Å². The minimum atomic E-state index is -0.548. The van der Waals surface area contributed by atoms with Crippen LogP contribution in [-0.2, 0) is 19.3 Å². The zero-order valence-electron chi connectivity index (χ0n) is 20.1. The first kappa shape index (κ1) is 26.9. The van der Waals surface area contributed by atoms with E-state index in [9.17, 15) is 14.4 Å². The molecule has 2 aromatic rings. The summed E-state index contributed by atoms with van der Waals surface area (Å²) in [5.41, 5.74) is 0.340. The van der Waals surface area contributed by atoms with Gasteiger partial charge in [0.05, 0.1) is 24.1 Å². The minimum absolute atomic E-state index is 0.00523. The topological polar surface area (TPSA) is 127 Å². The number of benzene rings is 2. The van der Waals surface area contributed by atoms with Crippen LogP contribution in [0.1, 0.15) is 36.0 Å². The fraction of sp³-hybridized carbons (Fsp3) is 0.346. The zero-order chi connectivity index (χ0) is 25.9. The van der Waals surface area contributed by atoms with Crippen LogP contribution >= 0.6 is 0 Å². The van der Waals surface area contributed by atoms with Gasteiger partial charge in [-0.2, -0.15) is 0 Å². The van der Waals surface area contributed by atoms with E-state index in [1.165, 1.54) is 5.06 Å². The fourth-order valence-electron chi connectivity index (χ4n) is 3.59. The van der Waals surface area contributed by atoms with Crippen LogP contribution in [0.25, 0.3) is 0 Å². The van der Waals surface area contributed by atoms with Gasteiger partial charge in [-0.25, -0.2) is 15.5 Å². The molecular formula is C26H30N2O8. The maximum Gasteiger partial charge on any atom is 0.349 e. The first-order chi connectivity index (χ1) is 17.4. The molecule has 0 aliphatic heterocycles. The Balaban J connectivity index is 1.43. The molecule has 0 radical (unpaired) electrons. The SMILES string of the molecule is C=CC(=O)ON(C)CCOc1ccc(C(=O)Oc2ccc(OC(=O)C3CCC(ON)CC3)cc2)cc1. The summed E-state index contributed by atoms with van der Waals surface area (Å²) in [6.07, 6.45) is 3.86. The molecule has 2 N–H and O–H groups in total. The van der Waals surface area contributed by atoms with Gasteiger partial charge in [-0.3, -0.25) is 4.79 Å². The largest absolute Gasteiger partial charge is 0.492 e. The van der Waals surface area contributed by atoms with Gasteiger partial charge in [-0.05, 0) is 74.2 Å². The van der Waals surface area contributed by atoms with Crippen molar-refractivity contribution in [1.29, 1.82) is 0 Å². The standard InChI is InChI=1S/C26H30N2O8/c1-3-24(29)36-28(2)16-17-32-20-8-4-18(5-9-20)25(30)33-21-12-14-22(15-13-21)34-26(31)19-6-10-23(35-27)11-7-19/h3-5,8-9,12-15,19,23H,1,6-7,10-11,16-17,27H2,2H3. The predicted octanol–water partition coefficient (Wildman–Crippen LogP) is 3.22. The van der Waals surface area contributed by atoms with Crippen molar-refractivity contribution in [2.24, 2.45) is 11.8 Å². The van der Waals surface area contributed by atoms with Gasteiger partial charge in [0.2, 0.25) is 0 Å². The summed E-state index contributed by atoms with van der Waals surface area (Å²) in [5, 5.41) is 1.34. The molecule has 0 saturated heterocycles. The van der Waals surface area contributed by atoms with Gasteiger partial charge in [0.1, 0.15) is 23.9 Å². The molecular weight excluding hydrogens is 468 g/mol. The number of carbonyl (C=O) groups excluding carboxylic acids is 3. The Bertz CT molecular complexity index is 1030. The van der Waals surface area contributed by atoms with Gasteiger partial charge in [0.15, 0.2) is 0 Å². The Morgan fingerprint density at radius 1 is 0.944 bits per heavy atom. The smallest absolute Gasteiger partial charge is 0.349 e. The lowest BCUT2D eigenvalue weighted by molar-refractivity contribution is -0.178. The highest BCUT2D eigenvalue weighted by Gasteiger charge is 2.28. The maximum atomic E-state index is 12.4. The summed E-state index contributed by atoms with van der Waals surface area (Å²) >= 11 is 0. The molecule has 1 aliphatic carbocycles. The number of ether oxygens (including phenoxy) is 3. The Hall–Kier alpha value is -3.73. The molecule has 0 amide bonds. The number of nitrogens with two attached hydrogens (primary N) is 1. The van der Waals surface area contributed by atoms with Crippen LogP contribution in [0.4, 0.5) is 0 Å².